The van der Waals surface area contributed by atoms with E-state index in [4.69, 9.17) is 0 Å². The van der Waals surface area contributed by atoms with E-state index >= 15 is 0 Å². The van der Waals surface area contributed by atoms with E-state index in [1.807, 2.05) is 11.6 Å². The first-order valence-corrected chi connectivity index (χ1v) is 8.55. The Balaban J connectivity index is 1.46. The van der Waals surface area contributed by atoms with E-state index in [0.717, 1.165) is 30.8 Å². The van der Waals surface area contributed by atoms with Crippen molar-refractivity contribution < 1.29 is 5.11 Å². The van der Waals surface area contributed by atoms with Crippen molar-refractivity contribution in [2.75, 3.05) is 25.5 Å². The average molecular weight is 338 g/mol. The van der Waals surface area contributed by atoms with Crippen molar-refractivity contribution in [1.29, 1.82) is 0 Å². The van der Waals surface area contributed by atoms with E-state index in [9.17, 15) is 5.11 Å². The van der Waals surface area contributed by atoms with Gasteiger partial charge in [-0.3, -0.25) is 4.90 Å². The molecule has 130 valence electrons. The van der Waals surface area contributed by atoms with Gasteiger partial charge in [0, 0.05) is 26.7 Å². The number of imidazole rings is 1. The molecule has 4 rings (SSSR count). The molecular weight excluding hydrogens is 316 g/mol. The number of aliphatic hydroxyl groups excluding tert-OH is 1. The molecular formula is C18H22N6O. The zero-order valence-corrected chi connectivity index (χ0v) is 14.3. The van der Waals surface area contributed by atoms with Crippen molar-refractivity contribution in [3.05, 3.63) is 48.0 Å². The largest absolute Gasteiger partial charge is 0.390 e. The second-order valence-electron chi connectivity index (χ2n) is 6.45. The van der Waals surface area contributed by atoms with E-state index in [1.165, 1.54) is 17.5 Å². The van der Waals surface area contributed by atoms with Gasteiger partial charge in [-0.25, -0.2) is 15.0 Å². The van der Waals surface area contributed by atoms with Crippen LogP contribution in [0.5, 0.6) is 0 Å². The summed E-state index contributed by atoms with van der Waals surface area (Å²) in [6, 6.07) is 8.54. The van der Waals surface area contributed by atoms with Gasteiger partial charge in [-0.1, -0.05) is 24.3 Å². The van der Waals surface area contributed by atoms with Gasteiger partial charge in [0.15, 0.2) is 11.5 Å². The quantitative estimate of drug-likeness (QED) is 0.730. The summed E-state index contributed by atoms with van der Waals surface area (Å²) in [5.74, 6) is 0.724. The third-order valence-electron chi connectivity index (χ3n) is 4.73. The third-order valence-corrected chi connectivity index (χ3v) is 4.73. The minimum absolute atomic E-state index is 0.469. The molecule has 0 amide bonds. The lowest BCUT2D eigenvalue weighted by Gasteiger charge is -2.30. The Morgan fingerprint density at radius 1 is 1.16 bits per heavy atom. The van der Waals surface area contributed by atoms with Crippen LogP contribution in [-0.2, 0) is 19.5 Å². The molecule has 1 unspecified atom stereocenters. The Hall–Kier alpha value is -2.51. The Kier molecular flexibility index (Phi) is 4.33. The zero-order valence-electron chi connectivity index (χ0n) is 14.3. The summed E-state index contributed by atoms with van der Waals surface area (Å²) >= 11 is 0. The van der Waals surface area contributed by atoms with Gasteiger partial charge in [-0.05, 0) is 17.5 Å². The highest BCUT2D eigenvalue weighted by Gasteiger charge is 2.19. The molecule has 0 spiro atoms. The van der Waals surface area contributed by atoms with Crippen molar-refractivity contribution in [1.82, 2.24) is 24.4 Å². The van der Waals surface area contributed by atoms with Crippen LogP contribution in [0, 0.1) is 0 Å². The highest BCUT2D eigenvalue weighted by molar-refractivity contribution is 5.82. The lowest BCUT2D eigenvalue weighted by molar-refractivity contribution is 0.0926. The summed E-state index contributed by atoms with van der Waals surface area (Å²) in [5.41, 5.74) is 4.25. The smallest absolute Gasteiger partial charge is 0.182 e. The molecule has 1 aliphatic heterocycles. The van der Waals surface area contributed by atoms with Crippen LogP contribution in [0.15, 0.2) is 36.9 Å². The summed E-state index contributed by atoms with van der Waals surface area (Å²) < 4.78 is 1.92. The maximum Gasteiger partial charge on any atom is 0.182 e. The number of aromatic nitrogens is 4. The molecule has 0 radical (unpaired) electrons. The van der Waals surface area contributed by atoms with Crippen LogP contribution >= 0.6 is 0 Å². The lowest BCUT2D eigenvalue weighted by Crippen LogP contribution is -2.38. The van der Waals surface area contributed by atoms with Gasteiger partial charge in [0.05, 0.1) is 19.0 Å². The molecule has 2 N–H and O–H groups in total. The summed E-state index contributed by atoms with van der Waals surface area (Å²) in [7, 11) is 1.82. The predicted molar refractivity (Wildman–Crippen MR) is 96.3 cm³/mol. The molecule has 2 aromatic heterocycles. The van der Waals surface area contributed by atoms with E-state index in [1.54, 1.807) is 6.33 Å². The van der Waals surface area contributed by atoms with Crippen molar-refractivity contribution in [2.24, 2.45) is 0 Å². The fraction of sp³-hybridized carbons (Fsp3) is 0.389. The first-order chi connectivity index (χ1) is 12.2. The Morgan fingerprint density at radius 3 is 2.84 bits per heavy atom. The van der Waals surface area contributed by atoms with Crippen LogP contribution in [0.3, 0.4) is 0 Å². The number of hydrogen-bond acceptors (Lipinski definition) is 6. The zero-order chi connectivity index (χ0) is 17.2. The first kappa shape index (κ1) is 16.0. The van der Waals surface area contributed by atoms with Gasteiger partial charge < -0.3 is 15.0 Å². The molecule has 1 atom stereocenters. The number of benzene rings is 1. The van der Waals surface area contributed by atoms with Crippen LogP contribution in [0.25, 0.3) is 11.2 Å². The molecule has 7 nitrogen and oxygen atoms in total. The molecule has 3 heterocycles. The van der Waals surface area contributed by atoms with E-state index < -0.39 is 6.10 Å². The van der Waals surface area contributed by atoms with Crippen LogP contribution in [0.1, 0.15) is 11.1 Å². The van der Waals surface area contributed by atoms with Crippen molar-refractivity contribution in [3.8, 4) is 0 Å². The number of β-amino-alcohol motifs (C(OH)–C–C–N with tert-alkyl or cyclic N) is 1. The maximum atomic E-state index is 10.6. The molecule has 7 heteroatoms. The number of nitrogens with one attached hydrogen (secondary N) is 1. The van der Waals surface area contributed by atoms with Crippen molar-refractivity contribution in [2.45, 2.75) is 25.6 Å². The van der Waals surface area contributed by atoms with Crippen LogP contribution in [0.4, 0.5) is 5.82 Å². The predicted octanol–water partition coefficient (Wildman–Crippen LogP) is 1.29. The molecule has 0 aliphatic carbocycles. The van der Waals surface area contributed by atoms with Gasteiger partial charge in [0.1, 0.15) is 11.8 Å². The lowest BCUT2D eigenvalue weighted by atomic mass is 10.00. The van der Waals surface area contributed by atoms with Crippen molar-refractivity contribution >= 4 is 17.0 Å². The van der Waals surface area contributed by atoms with Gasteiger partial charge in [-0.2, -0.15) is 0 Å². The molecule has 0 fully saturated rings. The van der Waals surface area contributed by atoms with Crippen LogP contribution in [-0.4, -0.2) is 55.8 Å². The Labute approximate surface area is 146 Å². The molecule has 0 saturated heterocycles. The number of anilines is 1. The van der Waals surface area contributed by atoms with E-state index in [2.05, 4.69) is 49.4 Å². The first-order valence-electron chi connectivity index (χ1n) is 8.55. The Bertz CT molecular complexity index is 877. The fourth-order valence-corrected chi connectivity index (χ4v) is 3.52. The average Bonchev–Trinajstić information content (AvgIpc) is 3.04. The number of rotatable bonds is 5. The number of nitrogens with zero attached hydrogens (tertiary/aromatic N) is 5. The summed E-state index contributed by atoms with van der Waals surface area (Å²) in [5, 5.41) is 13.7. The second kappa shape index (κ2) is 6.78. The third kappa shape index (κ3) is 3.20. The molecule has 1 aromatic carbocycles. The minimum Gasteiger partial charge on any atom is -0.390 e. The summed E-state index contributed by atoms with van der Waals surface area (Å²) in [4.78, 5) is 15.0. The molecule has 0 bridgehead atoms. The Morgan fingerprint density at radius 2 is 2.00 bits per heavy atom. The van der Waals surface area contributed by atoms with Gasteiger partial charge in [-0.15, -0.1) is 0 Å². The number of aliphatic hydroxyl groups is 1. The highest BCUT2D eigenvalue weighted by Crippen LogP contribution is 2.20. The van der Waals surface area contributed by atoms with E-state index in [-0.39, 0.29) is 0 Å². The number of hydrogen-bond donors (Lipinski definition) is 2. The van der Waals surface area contributed by atoms with E-state index in [0.29, 0.717) is 18.7 Å². The normalized spacial score (nSPS) is 15.9. The van der Waals surface area contributed by atoms with Crippen LogP contribution < -0.4 is 5.32 Å². The standard InChI is InChI=1S/C18H22N6O/c1-19-17-16-18(21-11-20-17)22-12-24(16)10-15(25)9-23-7-6-13-4-2-3-5-14(13)8-23/h2-5,11-12,15,25H,6-10H2,1H3,(H,19,20,21). The highest BCUT2D eigenvalue weighted by atomic mass is 16.3. The summed E-state index contributed by atoms with van der Waals surface area (Å²) in [6.07, 6.45) is 3.77. The SMILES string of the molecule is CNc1ncnc2ncn(CC(O)CN3CCc4ccccc4C3)c12. The van der Waals surface area contributed by atoms with Gasteiger partial charge in [0.2, 0.25) is 0 Å². The summed E-state index contributed by atoms with van der Waals surface area (Å²) in [6.45, 7) is 2.97. The fourth-order valence-electron chi connectivity index (χ4n) is 3.52. The molecule has 0 saturated carbocycles. The monoisotopic (exact) mass is 338 g/mol. The number of fused-ring (bicyclic) bond motifs is 2. The van der Waals surface area contributed by atoms with Gasteiger partial charge in [0.25, 0.3) is 0 Å². The second-order valence-corrected chi connectivity index (χ2v) is 6.45. The molecule has 1 aliphatic rings. The maximum absolute atomic E-state index is 10.6. The van der Waals surface area contributed by atoms with Gasteiger partial charge >= 0.3 is 0 Å². The molecule has 25 heavy (non-hydrogen) atoms. The van der Waals surface area contributed by atoms with Crippen LogP contribution in [0.2, 0.25) is 0 Å². The minimum atomic E-state index is -0.479. The topological polar surface area (TPSA) is 79.1 Å². The molecule has 3 aromatic rings. The van der Waals surface area contributed by atoms with Crippen molar-refractivity contribution in [3.63, 3.8) is 0 Å².